The molecule has 2 aromatic heterocycles. The number of furan rings is 1. The minimum atomic E-state index is -0.0450. The van der Waals surface area contributed by atoms with Gasteiger partial charge >= 0.3 is 0 Å². The lowest BCUT2D eigenvalue weighted by Gasteiger charge is -2.20. The Kier molecular flexibility index (Phi) is 3.23. The molecule has 0 saturated carbocycles. The highest BCUT2D eigenvalue weighted by Crippen LogP contribution is 2.30. The second-order valence-corrected chi connectivity index (χ2v) is 5.99. The predicted molar refractivity (Wildman–Crippen MR) is 73.5 cm³/mol. The monoisotopic (exact) mass is 312 g/mol. The van der Waals surface area contributed by atoms with E-state index in [9.17, 15) is 0 Å². The van der Waals surface area contributed by atoms with Gasteiger partial charge in [-0.2, -0.15) is 0 Å². The number of H-pyrrole nitrogens is 1. The van der Waals surface area contributed by atoms with E-state index < -0.39 is 0 Å². The minimum absolute atomic E-state index is 0.0450. The van der Waals surface area contributed by atoms with Crippen LogP contribution in [0, 0.1) is 4.64 Å². The Labute approximate surface area is 113 Å². The van der Waals surface area contributed by atoms with Crippen LogP contribution in [-0.2, 0) is 5.41 Å². The Hall–Kier alpha value is -0.940. The lowest BCUT2D eigenvalue weighted by molar-refractivity contribution is 0.553. The summed E-state index contributed by atoms with van der Waals surface area (Å²) in [5.41, 5.74) is 0.973. The van der Waals surface area contributed by atoms with Crippen molar-refractivity contribution in [1.29, 1.82) is 0 Å². The highest BCUT2D eigenvalue weighted by molar-refractivity contribution is 9.10. The highest BCUT2D eigenvalue weighted by atomic mass is 79.9. The van der Waals surface area contributed by atoms with Crippen LogP contribution in [-0.4, -0.2) is 9.97 Å². The molecule has 0 bridgehead atoms. The molecule has 0 aliphatic rings. The fourth-order valence-electron chi connectivity index (χ4n) is 1.51. The molecular weight excluding hydrogens is 300 g/mol. The van der Waals surface area contributed by atoms with Crippen molar-refractivity contribution in [3.8, 4) is 11.6 Å². The van der Waals surface area contributed by atoms with E-state index in [1.165, 1.54) is 0 Å². The van der Waals surface area contributed by atoms with Gasteiger partial charge in [0, 0.05) is 11.1 Å². The van der Waals surface area contributed by atoms with Crippen molar-refractivity contribution in [3.63, 3.8) is 0 Å². The van der Waals surface area contributed by atoms with Crippen molar-refractivity contribution in [3.05, 3.63) is 33.2 Å². The van der Waals surface area contributed by atoms with Crippen LogP contribution in [0.25, 0.3) is 11.6 Å². The molecule has 0 unspecified atom stereocenters. The third kappa shape index (κ3) is 2.50. The van der Waals surface area contributed by atoms with Crippen LogP contribution in [0.15, 0.2) is 27.3 Å². The summed E-state index contributed by atoms with van der Waals surface area (Å²) in [7, 11) is 0. The molecule has 0 spiro atoms. The average Bonchev–Trinajstić information content (AvgIpc) is 2.73. The molecule has 0 atom stereocenters. The number of halogens is 1. The number of nitrogens with zero attached hydrogens (tertiary/aromatic N) is 1. The molecule has 17 heavy (non-hydrogen) atoms. The van der Waals surface area contributed by atoms with E-state index >= 15 is 0 Å². The van der Waals surface area contributed by atoms with Crippen LogP contribution in [0.4, 0.5) is 0 Å². The Morgan fingerprint density at radius 2 is 2.12 bits per heavy atom. The van der Waals surface area contributed by atoms with Crippen molar-refractivity contribution in [2.75, 3.05) is 0 Å². The summed E-state index contributed by atoms with van der Waals surface area (Å²) in [6.45, 7) is 6.35. The van der Waals surface area contributed by atoms with Crippen molar-refractivity contribution in [2.45, 2.75) is 26.2 Å². The Bertz CT molecular complexity index is 582. The summed E-state index contributed by atoms with van der Waals surface area (Å²) in [4.78, 5) is 7.59. The van der Waals surface area contributed by atoms with E-state index in [0.29, 0.717) is 16.2 Å². The SMILES string of the molecule is CC(C)(C)c1[nH]c(-c2ccco2)nc(=S)c1Br. The lowest BCUT2D eigenvalue weighted by atomic mass is 9.92. The summed E-state index contributed by atoms with van der Waals surface area (Å²) < 4.78 is 6.71. The zero-order valence-electron chi connectivity index (χ0n) is 9.87. The Balaban J connectivity index is 2.67. The van der Waals surface area contributed by atoms with E-state index in [4.69, 9.17) is 16.6 Å². The quantitative estimate of drug-likeness (QED) is 0.790. The van der Waals surface area contributed by atoms with Crippen LogP contribution in [0.2, 0.25) is 0 Å². The lowest BCUT2D eigenvalue weighted by Crippen LogP contribution is -2.15. The summed E-state index contributed by atoms with van der Waals surface area (Å²) in [5, 5.41) is 0. The topological polar surface area (TPSA) is 41.8 Å². The number of aromatic amines is 1. The van der Waals surface area contributed by atoms with Gasteiger partial charge in [-0.05, 0) is 28.1 Å². The number of rotatable bonds is 1. The molecule has 5 heteroatoms. The van der Waals surface area contributed by atoms with Gasteiger partial charge in [-0.15, -0.1) is 0 Å². The summed E-state index contributed by atoms with van der Waals surface area (Å²) >= 11 is 8.74. The fraction of sp³-hybridized carbons (Fsp3) is 0.333. The molecule has 1 N–H and O–H groups in total. The van der Waals surface area contributed by atoms with E-state index in [0.717, 1.165) is 10.2 Å². The average molecular weight is 313 g/mol. The third-order valence-electron chi connectivity index (χ3n) is 2.37. The van der Waals surface area contributed by atoms with Crippen LogP contribution < -0.4 is 0 Å². The van der Waals surface area contributed by atoms with Gasteiger partial charge in [-0.1, -0.05) is 33.0 Å². The van der Waals surface area contributed by atoms with Gasteiger partial charge in [0.1, 0.15) is 4.64 Å². The molecule has 90 valence electrons. The van der Waals surface area contributed by atoms with Gasteiger partial charge in [0.25, 0.3) is 0 Å². The minimum Gasteiger partial charge on any atom is -0.461 e. The molecule has 0 amide bonds. The molecule has 3 nitrogen and oxygen atoms in total. The summed E-state index contributed by atoms with van der Waals surface area (Å²) in [5.74, 6) is 1.35. The zero-order valence-corrected chi connectivity index (χ0v) is 12.3. The fourth-order valence-corrected chi connectivity index (χ4v) is 2.48. The molecule has 2 aromatic rings. The maximum absolute atomic E-state index is 5.33. The second kappa shape index (κ2) is 4.38. The maximum atomic E-state index is 5.33. The summed E-state index contributed by atoms with van der Waals surface area (Å²) in [6, 6.07) is 3.68. The van der Waals surface area contributed by atoms with Gasteiger partial charge in [0.05, 0.1) is 10.7 Å². The molecule has 0 radical (unpaired) electrons. The molecule has 0 aliphatic carbocycles. The number of nitrogens with one attached hydrogen (secondary N) is 1. The van der Waals surface area contributed by atoms with Crippen molar-refractivity contribution in [2.24, 2.45) is 0 Å². The molecule has 2 rings (SSSR count). The first-order valence-corrected chi connectivity index (χ1v) is 6.44. The second-order valence-electron chi connectivity index (χ2n) is 4.81. The number of hydrogen-bond donors (Lipinski definition) is 1. The molecular formula is C12H13BrN2OS. The number of hydrogen-bond acceptors (Lipinski definition) is 3. The van der Waals surface area contributed by atoms with Crippen LogP contribution in [0.1, 0.15) is 26.5 Å². The Morgan fingerprint density at radius 1 is 1.41 bits per heavy atom. The van der Waals surface area contributed by atoms with E-state index in [-0.39, 0.29) is 5.41 Å². The molecule has 0 aliphatic heterocycles. The van der Waals surface area contributed by atoms with Gasteiger partial charge in [0.2, 0.25) is 0 Å². The van der Waals surface area contributed by atoms with Crippen LogP contribution in [0.5, 0.6) is 0 Å². The van der Waals surface area contributed by atoms with E-state index in [2.05, 4.69) is 46.7 Å². The van der Waals surface area contributed by atoms with Gasteiger partial charge < -0.3 is 9.40 Å². The van der Waals surface area contributed by atoms with Crippen LogP contribution in [0.3, 0.4) is 0 Å². The van der Waals surface area contributed by atoms with Crippen molar-refractivity contribution < 1.29 is 4.42 Å². The highest BCUT2D eigenvalue weighted by Gasteiger charge is 2.20. The van der Waals surface area contributed by atoms with E-state index in [1.54, 1.807) is 6.26 Å². The van der Waals surface area contributed by atoms with Gasteiger partial charge in [-0.25, -0.2) is 4.98 Å². The largest absolute Gasteiger partial charge is 0.461 e. The van der Waals surface area contributed by atoms with E-state index in [1.807, 2.05) is 12.1 Å². The van der Waals surface area contributed by atoms with Crippen molar-refractivity contribution >= 4 is 28.1 Å². The molecule has 0 aromatic carbocycles. The van der Waals surface area contributed by atoms with Crippen LogP contribution >= 0.6 is 28.1 Å². The number of aromatic nitrogens is 2. The standard InChI is InChI=1S/C12H13BrN2OS/c1-12(2,3)9-8(13)11(17)15-10(14-9)7-5-4-6-16-7/h4-6H,1-3H3,(H,14,15,17). The van der Waals surface area contributed by atoms with Crippen molar-refractivity contribution in [1.82, 2.24) is 9.97 Å². The Morgan fingerprint density at radius 3 is 2.65 bits per heavy atom. The first-order valence-electron chi connectivity index (χ1n) is 5.24. The smallest absolute Gasteiger partial charge is 0.175 e. The first kappa shape index (κ1) is 12.5. The molecule has 2 heterocycles. The third-order valence-corrected chi connectivity index (χ3v) is 3.70. The van der Waals surface area contributed by atoms with Gasteiger partial charge in [0.15, 0.2) is 11.6 Å². The predicted octanol–water partition coefficient (Wildman–Crippen LogP) is 4.46. The summed E-state index contributed by atoms with van der Waals surface area (Å²) in [6.07, 6.45) is 1.62. The zero-order chi connectivity index (χ0) is 12.6. The maximum Gasteiger partial charge on any atom is 0.175 e. The van der Waals surface area contributed by atoms with Gasteiger partial charge in [-0.3, -0.25) is 0 Å². The molecule has 0 fully saturated rings. The normalized spacial score (nSPS) is 11.8. The molecule has 0 saturated heterocycles. The first-order chi connectivity index (χ1) is 7.89.